The van der Waals surface area contributed by atoms with E-state index >= 15 is 0 Å². The Morgan fingerprint density at radius 1 is 1.07 bits per heavy atom. The van der Waals surface area contributed by atoms with Crippen LogP contribution in [-0.2, 0) is 6.15 Å². The predicted molar refractivity (Wildman–Crippen MR) is 59.6 cm³/mol. The number of hydrogen-bond acceptors (Lipinski definition) is 2. The van der Waals surface area contributed by atoms with Crippen molar-refractivity contribution in [2.45, 2.75) is 71.3 Å². The van der Waals surface area contributed by atoms with Crippen molar-refractivity contribution in [1.29, 1.82) is 0 Å². The summed E-state index contributed by atoms with van der Waals surface area (Å²) in [6.45, 7) is 4.34. The normalized spacial score (nSPS) is 12.7. The van der Waals surface area contributed by atoms with Gasteiger partial charge in [0.25, 0.3) is 0 Å². The molecule has 2 nitrogen and oxygen atoms in total. The van der Waals surface area contributed by atoms with Gasteiger partial charge in [-0.25, -0.2) is 0 Å². The zero-order chi connectivity index (χ0) is 10.6. The second-order valence-electron chi connectivity index (χ2n) is 3.79. The van der Waals surface area contributed by atoms with Crippen LogP contribution in [0.2, 0.25) is 0 Å². The maximum atomic E-state index is 10.4. The monoisotopic (exact) mass is 307 g/mol. The molecule has 0 saturated heterocycles. The van der Waals surface area contributed by atoms with E-state index in [2.05, 4.69) is 13.8 Å². The zero-order valence-corrected chi connectivity index (χ0v) is 12.4. The molecule has 3 heteroatoms. The van der Waals surface area contributed by atoms with Gasteiger partial charge in [0.15, 0.2) is 0 Å². The SMILES string of the molecule is CCCCCCCCC(CC)[O][Sn]=[O]. The third-order valence-corrected chi connectivity index (χ3v) is 3.78. The third kappa shape index (κ3) is 9.13. The van der Waals surface area contributed by atoms with Crippen molar-refractivity contribution in [1.82, 2.24) is 0 Å². The van der Waals surface area contributed by atoms with E-state index in [0.29, 0.717) is 0 Å². The van der Waals surface area contributed by atoms with E-state index in [4.69, 9.17) is 3.07 Å². The van der Waals surface area contributed by atoms with Gasteiger partial charge in [0, 0.05) is 0 Å². The van der Waals surface area contributed by atoms with Crippen LogP contribution in [0, 0.1) is 0 Å². The van der Waals surface area contributed by atoms with Crippen molar-refractivity contribution in [3.8, 4) is 0 Å². The Hall–Kier alpha value is 0.559. The van der Waals surface area contributed by atoms with E-state index in [1.165, 1.54) is 38.5 Å². The summed E-state index contributed by atoms with van der Waals surface area (Å²) >= 11 is -1.68. The van der Waals surface area contributed by atoms with Gasteiger partial charge < -0.3 is 0 Å². The molecule has 0 spiro atoms. The number of unbranched alkanes of at least 4 members (excludes halogenated alkanes) is 5. The summed E-state index contributed by atoms with van der Waals surface area (Å²) in [4.78, 5) is 0. The van der Waals surface area contributed by atoms with Gasteiger partial charge in [0.05, 0.1) is 0 Å². The molecule has 1 radical (unpaired) electrons. The van der Waals surface area contributed by atoms with Gasteiger partial charge in [0.2, 0.25) is 0 Å². The molecule has 0 aliphatic heterocycles. The summed E-state index contributed by atoms with van der Waals surface area (Å²) in [5.41, 5.74) is 0. The van der Waals surface area contributed by atoms with Gasteiger partial charge in [-0.15, -0.1) is 0 Å². The fourth-order valence-electron chi connectivity index (χ4n) is 1.57. The molecule has 1 atom stereocenters. The molecule has 0 amide bonds. The number of hydrogen-bond donors (Lipinski definition) is 0. The van der Waals surface area contributed by atoms with E-state index in [1.54, 1.807) is 0 Å². The van der Waals surface area contributed by atoms with Crippen LogP contribution in [0.5, 0.6) is 0 Å². The molecule has 0 aromatic rings. The molecule has 0 rings (SSSR count). The van der Waals surface area contributed by atoms with E-state index in [-0.39, 0.29) is 6.10 Å². The van der Waals surface area contributed by atoms with Gasteiger partial charge in [-0.1, -0.05) is 0 Å². The van der Waals surface area contributed by atoms with Crippen molar-refractivity contribution in [3.05, 3.63) is 0 Å². The Morgan fingerprint density at radius 2 is 1.71 bits per heavy atom. The molecule has 1 unspecified atom stereocenters. The Balaban J connectivity index is 3.19. The van der Waals surface area contributed by atoms with Gasteiger partial charge in [-0.3, -0.25) is 0 Å². The van der Waals surface area contributed by atoms with E-state index < -0.39 is 21.5 Å². The first-order valence-corrected chi connectivity index (χ1v) is 8.21. The fraction of sp³-hybridized carbons (Fsp3) is 1.00. The van der Waals surface area contributed by atoms with Gasteiger partial charge >= 0.3 is 99.0 Å². The Morgan fingerprint density at radius 3 is 2.29 bits per heavy atom. The van der Waals surface area contributed by atoms with Crippen LogP contribution >= 0.6 is 0 Å². The molecule has 0 fully saturated rings. The van der Waals surface area contributed by atoms with Crippen LogP contribution in [0.4, 0.5) is 0 Å². The van der Waals surface area contributed by atoms with Crippen LogP contribution < -0.4 is 0 Å². The van der Waals surface area contributed by atoms with Gasteiger partial charge in [-0.05, 0) is 0 Å². The molecule has 0 heterocycles. The van der Waals surface area contributed by atoms with Gasteiger partial charge in [0.1, 0.15) is 0 Å². The van der Waals surface area contributed by atoms with Crippen LogP contribution in [0.3, 0.4) is 0 Å². The molecular weight excluding hydrogens is 283 g/mol. The average Bonchev–Trinajstić information content (AvgIpc) is 2.21. The quantitative estimate of drug-likeness (QED) is 0.456. The molecule has 0 N–H and O–H groups in total. The maximum absolute atomic E-state index is 10.4. The predicted octanol–water partition coefficient (Wildman–Crippen LogP) is 3.50. The summed E-state index contributed by atoms with van der Waals surface area (Å²) in [5.74, 6) is 0. The van der Waals surface area contributed by atoms with Crippen LogP contribution in [0.1, 0.15) is 65.2 Å². The third-order valence-electron chi connectivity index (χ3n) is 2.55. The van der Waals surface area contributed by atoms with E-state index in [0.717, 1.165) is 12.8 Å². The molecule has 14 heavy (non-hydrogen) atoms. The fourth-order valence-corrected chi connectivity index (χ4v) is 2.77. The zero-order valence-electron chi connectivity index (χ0n) is 9.55. The molecule has 83 valence electrons. The first kappa shape index (κ1) is 14.6. The molecule has 0 bridgehead atoms. The first-order chi connectivity index (χ1) is 6.85. The van der Waals surface area contributed by atoms with Crippen molar-refractivity contribution in [2.75, 3.05) is 0 Å². The van der Waals surface area contributed by atoms with Crippen LogP contribution in [-0.4, -0.2) is 27.6 Å². The Kier molecular flexibility index (Phi) is 12.1. The van der Waals surface area contributed by atoms with Crippen molar-refractivity contribution in [2.24, 2.45) is 0 Å². The molecular formula is C11H23O2Sn. The molecule has 0 aliphatic carbocycles. The molecule has 0 aliphatic rings. The second kappa shape index (κ2) is 11.6. The number of rotatable bonds is 10. The second-order valence-corrected chi connectivity index (χ2v) is 4.94. The van der Waals surface area contributed by atoms with Crippen molar-refractivity contribution in [3.63, 3.8) is 0 Å². The standard InChI is InChI=1S/C11H23O.O.Sn/c1-3-5-6-7-8-9-10-11(12)4-2;;/h11H,3-10H2,1-2H3;;/q-1;;+1. The van der Waals surface area contributed by atoms with Crippen molar-refractivity contribution >= 4 is 21.5 Å². The first-order valence-electron chi connectivity index (χ1n) is 5.87. The van der Waals surface area contributed by atoms with Crippen LogP contribution in [0.15, 0.2) is 0 Å². The summed E-state index contributed by atoms with van der Waals surface area (Å²) in [6.07, 6.45) is 10.3. The minimum absolute atomic E-state index is 0.283. The van der Waals surface area contributed by atoms with E-state index in [1.807, 2.05) is 0 Å². The summed E-state index contributed by atoms with van der Waals surface area (Å²) in [7, 11) is 0. The summed E-state index contributed by atoms with van der Waals surface area (Å²) < 4.78 is 15.7. The molecule has 0 aromatic heterocycles. The average molecular weight is 306 g/mol. The Bertz CT molecular complexity index is 128. The van der Waals surface area contributed by atoms with Crippen LogP contribution in [0.25, 0.3) is 0 Å². The summed E-state index contributed by atoms with van der Waals surface area (Å²) in [5, 5.41) is 0. The summed E-state index contributed by atoms with van der Waals surface area (Å²) in [6, 6.07) is 0. The molecule has 0 saturated carbocycles. The van der Waals surface area contributed by atoms with E-state index in [9.17, 15) is 3.08 Å². The molecule has 0 aromatic carbocycles. The van der Waals surface area contributed by atoms with Crippen molar-refractivity contribution < 1.29 is 6.15 Å². The Labute approximate surface area is 98.9 Å². The van der Waals surface area contributed by atoms with Gasteiger partial charge in [-0.2, -0.15) is 0 Å². The minimum atomic E-state index is -1.68. The topological polar surface area (TPSA) is 26.3 Å².